The fourth-order valence-electron chi connectivity index (χ4n) is 4.65. The van der Waals surface area contributed by atoms with E-state index in [-0.39, 0.29) is 23.9 Å². The molecule has 0 unspecified atom stereocenters. The van der Waals surface area contributed by atoms with Crippen LogP contribution < -0.4 is 19.5 Å². The lowest BCUT2D eigenvalue weighted by atomic mass is 9.68. The van der Waals surface area contributed by atoms with E-state index in [2.05, 4.69) is 19.2 Å². The predicted octanol–water partition coefficient (Wildman–Crippen LogP) is 4.08. The summed E-state index contributed by atoms with van der Waals surface area (Å²) in [6.07, 6.45) is 1.27. The third kappa shape index (κ3) is 3.50. The Morgan fingerprint density at radius 3 is 2.58 bits per heavy atom. The Bertz CT molecular complexity index is 1120. The number of aliphatic carboxylic acids is 1. The Morgan fingerprint density at radius 1 is 1.16 bits per heavy atom. The number of benzene rings is 2. The topological polar surface area (TPSA) is 94.1 Å². The number of anilines is 1. The molecule has 7 nitrogen and oxygen atoms in total. The van der Waals surface area contributed by atoms with Crippen LogP contribution in [0, 0.1) is 5.41 Å². The summed E-state index contributed by atoms with van der Waals surface area (Å²) in [5.41, 5.74) is 4.41. The maximum atomic E-state index is 13.3. The van der Waals surface area contributed by atoms with Crippen LogP contribution in [0.15, 0.2) is 47.7 Å². The Labute approximate surface area is 179 Å². The number of ether oxygens (including phenoxy) is 3. The minimum atomic E-state index is -1.03. The van der Waals surface area contributed by atoms with Gasteiger partial charge in [0.25, 0.3) is 0 Å². The molecule has 0 bridgehead atoms. The minimum Gasteiger partial charge on any atom is -0.482 e. The highest BCUT2D eigenvalue weighted by Gasteiger charge is 2.41. The Kier molecular flexibility index (Phi) is 4.43. The lowest BCUT2D eigenvalue weighted by Crippen LogP contribution is -2.33. The summed E-state index contributed by atoms with van der Waals surface area (Å²) in [6.45, 7) is 3.99. The van der Waals surface area contributed by atoms with Gasteiger partial charge in [0.05, 0.1) is 0 Å². The molecule has 2 aromatic rings. The summed E-state index contributed by atoms with van der Waals surface area (Å²) in [6, 6.07) is 11.1. The number of carbonyl (C=O) groups is 2. The van der Waals surface area contributed by atoms with Crippen molar-refractivity contribution in [1.82, 2.24) is 0 Å². The summed E-state index contributed by atoms with van der Waals surface area (Å²) < 4.78 is 16.4. The highest BCUT2D eigenvalue weighted by atomic mass is 16.7. The number of hydrogen-bond acceptors (Lipinski definition) is 6. The summed E-state index contributed by atoms with van der Waals surface area (Å²) in [5, 5.41) is 12.3. The van der Waals surface area contributed by atoms with E-state index in [0.29, 0.717) is 23.7 Å². The maximum Gasteiger partial charge on any atom is 0.341 e. The Morgan fingerprint density at radius 2 is 1.87 bits per heavy atom. The van der Waals surface area contributed by atoms with Gasteiger partial charge in [0.1, 0.15) is 5.75 Å². The number of fused-ring (bicyclic) bond motifs is 2. The number of hydrogen-bond donors (Lipinski definition) is 2. The van der Waals surface area contributed by atoms with Crippen LogP contribution in [0.3, 0.4) is 0 Å². The van der Waals surface area contributed by atoms with Crippen LogP contribution in [-0.4, -0.2) is 30.3 Å². The molecule has 0 saturated heterocycles. The first kappa shape index (κ1) is 19.5. The lowest BCUT2D eigenvalue weighted by Gasteiger charge is -2.39. The van der Waals surface area contributed by atoms with Gasteiger partial charge < -0.3 is 24.6 Å². The molecule has 2 aromatic carbocycles. The molecule has 2 heterocycles. The minimum absolute atomic E-state index is 0.115. The molecule has 0 aromatic heterocycles. The molecule has 0 fully saturated rings. The van der Waals surface area contributed by atoms with Gasteiger partial charge in [0, 0.05) is 35.4 Å². The second-order valence-corrected chi connectivity index (χ2v) is 8.94. The van der Waals surface area contributed by atoms with Gasteiger partial charge in [-0.1, -0.05) is 26.0 Å². The Balaban J connectivity index is 1.60. The van der Waals surface area contributed by atoms with Gasteiger partial charge in [-0.25, -0.2) is 4.79 Å². The van der Waals surface area contributed by atoms with Gasteiger partial charge in [0.15, 0.2) is 23.9 Å². The molecule has 160 valence electrons. The van der Waals surface area contributed by atoms with Crippen LogP contribution >= 0.6 is 0 Å². The number of rotatable bonds is 4. The molecule has 7 heteroatoms. The molecule has 2 aliphatic heterocycles. The van der Waals surface area contributed by atoms with Crippen LogP contribution in [0.2, 0.25) is 0 Å². The molecule has 0 amide bonds. The highest BCUT2D eigenvalue weighted by molar-refractivity contribution is 6.01. The quantitative estimate of drug-likeness (QED) is 0.768. The van der Waals surface area contributed by atoms with Crippen molar-refractivity contribution in [1.29, 1.82) is 0 Å². The third-order valence-electron chi connectivity index (χ3n) is 5.93. The molecule has 31 heavy (non-hydrogen) atoms. The maximum absolute atomic E-state index is 13.3. The second-order valence-electron chi connectivity index (χ2n) is 8.94. The van der Waals surface area contributed by atoms with Crippen molar-refractivity contribution in [2.24, 2.45) is 5.41 Å². The number of allylic oxidation sites excluding steroid dienone is 2. The number of ketones is 1. The van der Waals surface area contributed by atoms with Crippen molar-refractivity contribution in [2.45, 2.75) is 32.6 Å². The first-order valence-corrected chi connectivity index (χ1v) is 10.2. The number of nitrogens with one attached hydrogen (secondary N) is 1. The lowest BCUT2D eigenvalue weighted by molar-refractivity contribution is -0.139. The fraction of sp³-hybridized carbons (Fsp3) is 0.333. The van der Waals surface area contributed by atoms with Gasteiger partial charge >= 0.3 is 5.97 Å². The number of Topliss-reactive ketones (excluding diaryl/α,β-unsaturated/α-hetero) is 1. The van der Waals surface area contributed by atoms with Crippen molar-refractivity contribution < 1.29 is 28.9 Å². The first-order valence-electron chi connectivity index (χ1n) is 10.2. The van der Waals surface area contributed by atoms with Crippen molar-refractivity contribution >= 4 is 17.4 Å². The largest absolute Gasteiger partial charge is 0.482 e. The van der Waals surface area contributed by atoms with E-state index in [1.807, 2.05) is 24.3 Å². The average molecular weight is 421 g/mol. The normalized spacial score (nSPS) is 20.6. The molecular weight excluding hydrogens is 398 g/mol. The van der Waals surface area contributed by atoms with E-state index in [1.165, 1.54) is 0 Å². The fourth-order valence-corrected chi connectivity index (χ4v) is 4.65. The molecular formula is C24H23NO6. The summed E-state index contributed by atoms with van der Waals surface area (Å²) in [5.74, 6) is 0.678. The van der Waals surface area contributed by atoms with Gasteiger partial charge in [-0.05, 0) is 41.2 Å². The van der Waals surface area contributed by atoms with Crippen LogP contribution in [0.1, 0.15) is 43.7 Å². The zero-order chi connectivity index (χ0) is 21.8. The van der Waals surface area contributed by atoms with Gasteiger partial charge in [0.2, 0.25) is 6.79 Å². The standard InChI is InChI=1S/C24H23NO6/c1-24(2)9-17-23(18(26)10-24)22(13-3-5-14(6-4-13)29-11-21(27)28)15-7-19-20(31-12-30-19)8-16(15)25-17/h3-8,22,25H,9-12H2,1-2H3,(H,27,28)/t22-/m0/s1. The molecule has 0 radical (unpaired) electrons. The number of carboxylic acids is 1. The molecule has 1 aliphatic carbocycles. The van der Waals surface area contributed by atoms with Crippen LogP contribution in [0.4, 0.5) is 5.69 Å². The SMILES string of the molecule is CC1(C)CC(=O)C2=C(C1)Nc1cc3c(cc1[C@@H]2c1ccc(OCC(=O)O)cc1)OCO3. The van der Waals surface area contributed by atoms with E-state index in [4.69, 9.17) is 19.3 Å². The van der Waals surface area contributed by atoms with E-state index in [1.54, 1.807) is 12.1 Å². The van der Waals surface area contributed by atoms with E-state index >= 15 is 0 Å². The first-order chi connectivity index (χ1) is 14.8. The monoisotopic (exact) mass is 421 g/mol. The highest BCUT2D eigenvalue weighted by Crippen LogP contribution is 2.51. The molecule has 1 atom stereocenters. The van der Waals surface area contributed by atoms with Gasteiger partial charge in [-0.3, -0.25) is 4.79 Å². The number of carbonyl (C=O) groups excluding carboxylic acids is 1. The molecule has 0 saturated carbocycles. The van der Waals surface area contributed by atoms with E-state index < -0.39 is 12.6 Å². The van der Waals surface area contributed by atoms with Crippen LogP contribution in [-0.2, 0) is 9.59 Å². The zero-order valence-corrected chi connectivity index (χ0v) is 17.4. The number of carboxylic acid groups (broad SMARTS) is 1. The van der Waals surface area contributed by atoms with Gasteiger partial charge in [-0.2, -0.15) is 0 Å². The summed E-state index contributed by atoms with van der Waals surface area (Å²) in [4.78, 5) is 24.0. The molecule has 3 aliphatic rings. The van der Waals surface area contributed by atoms with Crippen molar-refractivity contribution in [3.05, 3.63) is 58.8 Å². The smallest absolute Gasteiger partial charge is 0.341 e. The van der Waals surface area contributed by atoms with Gasteiger partial charge in [-0.15, -0.1) is 0 Å². The molecule has 5 rings (SSSR count). The van der Waals surface area contributed by atoms with Crippen LogP contribution in [0.25, 0.3) is 0 Å². The summed E-state index contributed by atoms with van der Waals surface area (Å²) >= 11 is 0. The van der Waals surface area contributed by atoms with Crippen LogP contribution in [0.5, 0.6) is 17.2 Å². The summed E-state index contributed by atoms with van der Waals surface area (Å²) in [7, 11) is 0. The van der Waals surface area contributed by atoms with Crippen molar-refractivity contribution in [2.75, 3.05) is 18.7 Å². The van der Waals surface area contributed by atoms with E-state index in [0.717, 1.165) is 34.5 Å². The third-order valence-corrected chi connectivity index (χ3v) is 5.93. The Hall–Kier alpha value is -3.48. The zero-order valence-electron chi connectivity index (χ0n) is 17.4. The molecule has 2 N–H and O–H groups in total. The van der Waals surface area contributed by atoms with Crippen molar-refractivity contribution in [3.63, 3.8) is 0 Å². The molecule has 0 spiro atoms. The van der Waals surface area contributed by atoms with Crippen molar-refractivity contribution in [3.8, 4) is 17.2 Å². The van der Waals surface area contributed by atoms with E-state index in [9.17, 15) is 9.59 Å². The second kappa shape index (κ2) is 7.04. The predicted molar refractivity (Wildman–Crippen MR) is 113 cm³/mol. The average Bonchev–Trinajstić information content (AvgIpc) is 3.16.